The second-order valence-corrected chi connectivity index (χ2v) is 6.17. The molecule has 0 spiro atoms. The molecule has 2 aliphatic rings. The number of anilines is 2. The van der Waals surface area contributed by atoms with Gasteiger partial charge >= 0.3 is 0 Å². The summed E-state index contributed by atoms with van der Waals surface area (Å²) in [5.74, 6) is 0.832. The first-order valence-electron chi connectivity index (χ1n) is 8.30. The normalized spacial score (nSPS) is 22.9. The highest BCUT2D eigenvalue weighted by Crippen LogP contribution is 2.35. The molecule has 1 unspecified atom stereocenters. The van der Waals surface area contributed by atoms with Crippen molar-refractivity contribution in [2.24, 2.45) is 0 Å². The first kappa shape index (κ1) is 14.5. The molecule has 0 amide bonds. The Labute approximate surface area is 127 Å². The summed E-state index contributed by atoms with van der Waals surface area (Å²) in [6.45, 7) is 7.58. The molecule has 1 atom stereocenters. The average Bonchev–Trinajstić information content (AvgIpc) is 3.17. The van der Waals surface area contributed by atoms with E-state index >= 15 is 0 Å². The minimum atomic E-state index is 0.701. The molecule has 0 radical (unpaired) electrons. The fraction of sp³-hybridized carbons (Fsp3) is 0.647. The van der Waals surface area contributed by atoms with Crippen LogP contribution >= 0.6 is 0 Å². The van der Waals surface area contributed by atoms with Crippen molar-refractivity contribution in [3.63, 3.8) is 0 Å². The molecule has 21 heavy (non-hydrogen) atoms. The van der Waals surface area contributed by atoms with Crippen LogP contribution in [-0.4, -0.2) is 43.7 Å². The molecule has 1 aromatic rings. The Morgan fingerprint density at radius 1 is 1.24 bits per heavy atom. The van der Waals surface area contributed by atoms with E-state index in [9.17, 15) is 0 Å². The van der Waals surface area contributed by atoms with Crippen molar-refractivity contribution in [3.8, 4) is 5.75 Å². The largest absolute Gasteiger partial charge is 0.491 e. The van der Waals surface area contributed by atoms with Gasteiger partial charge in [0.25, 0.3) is 0 Å². The Kier molecular flexibility index (Phi) is 4.54. The molecular formula is C17H27N3O. The molecule has 4 heteroatoms. The van der Waals surface area contributed by atoms with Gasteiger partial charge in [-0.15, -0.1) is 0 Å². The maximum atomic E-state index is 6.32. The first-order valence-corrected chi connectivity index (χ1v) is 8.30. The van der Waals surface area contributed by atoms with Gasteiger partial charge in [0.1, 0.15) is 5.75 Å². The van der Waals surface area contributed by atoms with Gasteiger partial charge in [-0.2, -0.15) is 0 Å². The van der Waals surface area contributed by atoms with Gasteiger partial charge in [0, 0.05) is 19.1 Å². The predicted octanol–water partition coefficient (Wildman–Crippen LogP) is 2.73. The van der Waals surface area contributed by atoms with E-state index in [0.29, 0.717) is 6.04 Å². The highest BCUT2D eigenvalue weighted by molar-refractivity contribution is 5.74. The lowest BCUT2D eigenvalue weighted by atomic mass is 10.2. The molecule has 0 bridgehead atoms. The lowest BCUT2D eigenvalue weighted by molar-refractivity contribution is 0.260. The molecular weight excluding hydrogens is 262 g/mol. The number of para-hydroxylation sites is 1. The zero-order valence-corrected chi connectivity index (χ0v) is 13.1. The van der Waals surface area contributed by atoms with Crippen molar-refractivity contribution < 1.29 is 4.74 Å². The van der Waals surface area contributed by atoms with E-state index in [2.05, 4.69) is 28.9 Å². The molecule has 116 valence electrons. The van der Waals surface area contributed by atoms with Gasteiger partial charge in [0.2, 0.25) is 0 Å². The number of ether oxygens (including phenoxy) is 1. The highest BCUT2D eigenvalue weighted by atomic mass is 16.5. The van der Waals surface area contributed by atoms with E-state index in [4.69, 9.17) is 10.5 Å². The van der Waals surface area contributed by atoms with Crippen molar-refractivity contribution in [1.82, 2.24) is 4.90 Å². The molecule has 1 aromatic carbocycles. The first-order chi connectivity index (χ1) is 10.3. The Bertz CT molecular complexity index is 471. The van der Waals surface area contributed by atoms with Crippen molar-refractivity contribution in [1.29, 1.82) is 0 Å². The van der Waals surface area contributed by atoms with Crippen molar-refractivity contribution in [2.45, 2.75) is 38.6 Å². The molecule has 0 saturated carbocycles. The topological polar surface area (TPSA) is 41.7 Å². The van der Waals surface area contributed by atoms with Crippen molar-refractivity contribution >= 4 is 11.4 Å². The monoisotopic (exact) mass is 289 g/mol. The molecule has 0 aromatic heterocycles. The van der Waals surface area contributed by atoms with Crippen LogP contribution in [0, 0.1) is 0 Å². The number of rotatable bonds is 5. The van der Waals surface area contributed by atoms with Crippen LogP contribution in [0.3, 0.4) is 0 Å². The number of likely N-dealkylation sites (tertiary alicyclic amines) is 1. The van der Waals surface area contributed by atoms with Gasteiger partial charge in [-0.25, -0.2) is 0 Å². The van der Waals surface area contributed by atoms with E-state index in [1.165, 1.54) is 32.4 Å². The third-order valence-corrected chi connectivity index (χ3v) is 4.67. The predicted molar refractivity (Wildman–Crippen MR) is 88.1 cm³/mol. The highest BCUT2D eigenvalue weighted by Gasteiger charge is 2.30. The molecule has 0 aliphatic carbocycles. The summed E-state index contributed by atoms with van der Waals surface area (Å²) >= 11 is 0. The summed E-state index contributed by atoms with van der Waals surface area (Å²) in [6, 6.07) is 6.86. The van der Waals surface area contributed by atoms with Gasteiger partial charge in [-0.3, -0.25) is 4.90 Å². The molecule has 2 heterocycles. The van der Waals surface area contributed by atoms with Gasteiger partial charge < -0.3 is 15.4 Å². The van der Waals surface area contributed by atoms with Gasteiger partial charge in [0.05, 0.1) is 18.0 Å². The molecule has 2 fully saturated rings. The molecule has 3 rings (SSSR count). The van der Waals surface area contributed by atoms with Crippen LogP contribution in [-0.2, 0) is 0 Å². The van der Waals surface area contributed by atoms with E-state index in [-0.39, 0.29) is 0 Å². The Morgan fingerprint density at radius 2 is 2.05 bits per heavy atom. The summed E-state index contributed by atoms with van der Waals surface area (Å²) in [4.78, 5) is 5.07. The van der Waals surface area contributed by atoms with Crippen LogP contribution in [0.1, 0.15) is 32.6 Å². The minimum Gasteiger partial charge on any atom is -0.491 e. The van der Waals surface area contributed by atoms with Crippen LogP contribution in [0.25, 0.3) is 0 Å². The Morgan fingerprint density at radius 3 is 2.81 bits per heavy atom. The minimum absolute atomic E-state index is 0.701. The summed E-state index contributed by atoms with van der Waals surface area (Å²) in [5.41, 5.74) is 8.27. The number of hydrogen-bond donors (Lipinski definition) is 1. The second kappa shape index (κ2) is 6.56. The summed E-state index contributed by atoms with van der Waals surface area (Å²) < 4.78 is 5.75. The lowest BCUT2D eigenvalue weighted by Crippen LogP contribution is -2.35. The zero-order valence-electron chi connectivity index (χ0n) is 13.1. The van der Waals surface area contributed by atoms with Crippen LogP contribution in [0.15, 0.2) is 18.2 Å². The van der Waals surface area contributed by atoms with Crippen LogP contribution in [0.5, 0.6) is 5.75 Å². The third-order valence-electron chi connectivity index (χ3n) is 4.67. The SMILES string of the molecule is CCCOc1cccc(N2CCC(N3CCCC3)C2)c1N. The smallest absolute Gasteiger partial charge is 0.144 e. The lowest BCUT2D eigenvalue weighted by Gasteiger charge is -2.25. The van der Waals surface area contributed by atoms with Crippen LogP contribution in [0.4, 0.5) is 11.4 Å². The maximum absolute atomic E-state index is 6.32. The maximum Gasteiger partial charge on any atom is 0.144 e. The summed E-state index contributed by atoms with van der Waals surface area (Å²) in [5, 5.41) is 0. The van der Waals surface area contributed by atoms with Gasteiger partial charge in [0.15, 0.2) is 0 Å². The van der Waals surface area contributed by atoms with Gasteiger partial charge in [-0.1, -0.05) is 13.0 Å². The number of nitrogen functional groups attached to an aromatic ring is 1. The van der Waals surface area contributed by atoms with E-state index < -0.39 is 0 Å². The zero-order chi connectivity index (χ0) is 14.7. The Balaban J connectivity index is 1.69. The molecule has 2 aliphatic heterocycles. The fourth-order valence-electron chi connectivity index (χ4n) is 3.51. The molecule has 4 nitrogen and oxygen atoms in total. The third kappa shape index (κ3) is 3.10. The number of hydrogen-bond acceptors (Lipinski definition) is 4. The summed E-state index contributed by atoms with van der Waals surface area (Å²) in [6.07, 6.45) is 4.97. The second-order valence-electron chi connectivity index (χ2n) is 6.17. The fourth-order valence-corrected chi connectivity index (χ4v) is 3.51. The van der Waals surface area contributed by atoms with Gasteiger partial charge in [-0.05, 0) is 50.9 Å². The number of benzene rings is 1. The van der Waals surface area contributed by atoms with E-state index in [1.54, 1.807) is 0 Å². The number of nitrogens with two attached hydrogens (primary N) is 1. The van der Waals surface area contributed by atoms with Crippen molar-refractivity contribution in [2.75, 3.05) is 43.4 Å². The Hall–Kier alpha value is -1.42. The average molecular weight is 289 g/mol. The van der Waals surface area contributed by atoms with Crippen LogP contribution < -0.4 is 15.4 Å². The van der Waals surface area contributed by atoms with Crippen molar-refractivity contribution in [3.05, 3.63) is 18.2 Å². The van der Waals surface area contributed by atoms with Crippen LogP contribution in [0.2, 0.25) is 0 Å². The molecule has 2 saturated heterocycles. The van der Waals surface area contributed by atoms with E-state index in [1.807, 2.05) is 6.07 Å². The summed E-state index contributed by atoms with van der Waals surface area (Å²) in [7, 11) is 0. The number of nitrogens with zero attached hydrogens (tertiary/aromatic N) is 2. The standard InChI is InChI=1S/C17H27N3O/c1-2-12-21-16-7-5-6-15(17(16)18)20-11-8-14(13-20)19-9-3-4-10-19/h5-7,14H,2-4,8-13,18H2,1H3. The van der Waals surface area contributed by atoms with E-state index in [0.717, 1.165) is 43.2 Å². The quantitative estimate of drug-likeness (QED) is 0.846. The molecule has 2 N–H and O–H groups in total.